The number of ether oxygens (including phenoxy) is 2. The highest BCUT2D eigenvalue weighted by atomic mass is 16.6. The molecule has 0 bridgehead atoms. The molecule has 1 aliphatic carbocycles. The van der Waals surface area contributed by atoms with Crippen LogP contribution in [0.2, 0.25) is 0 Å². The van der Waals surface area contributed by atoms with Crippen LogP contribution in [0.5, 0.6) is 0 Å². The fraction of sp³-hybridized carbons (Fsp3) is 0.385. The number of nitrogens with zero attached hydrogens (tertiary/aromatic N) is 1. The Balaban J connectivity index is 1.09. The molecule has 3 aromatic rings. The Morgan fingerprint density at radius 1 is 0.918 bits per heavy atom. The molecule has 10 heteroatoms. The normalized spacial score (nSPS) is 22.0. The maximum atomic E-state index is 13.7. The number of nitrogens with one attached hydrogen (secondary N) is 2. The SMILES string of the molecule is O=C(C[C@@H]1C/C=C/C[C@H](NC(=O)OCC2c3ccccc3-c3ccccc32)C(=O)OC[C@@H]2CCCN2C1=O)N[C@H](CO)Cc1ccccc1. The number of esters is 1. The Bertz CT molecular complexity index is 1630. The lowest BCUT2D eigenvalue weighted by Crippen LogP contribution is -2.46. The lowest BCUT2D eigenvalue weighted by molar-refractivity contribution is -0.150. The molecule has 49 heavy (non-hydrogen) atoms. The molecule has 3 amide bonds. The minimum absolute atomic E-state index is 0.000262. The lowest BCUT2D eigenvalue weighted by atomic mass is 9.97. The van der Waals surface area contributed by atoms with Gasteiger partial charge in [-0.1, -0.05) is 91.0 Å². The zero-order valence-corrected chi connectivity index (χ0v) is 27.5. The molecule has 3 aromatic carbocycles. The van der Waals surface area contributed by atoms with Gasteiger partial charge in [-0.3, -0.25) is 9.59 Å². The first kappa shape index (κ1) is 33.9. The molecule has 2 heterocycles. The summed E-state index contributed by atoms with van der Waals surface area (Å²) in [6.07, 6.45) is 5.05. The number of allylic oxidation sites excluding steroid dienone is 1. The van der Waals surface area contributed by atoms with Crippen LogP contribution < -0.4 is 10.6 Å². The van der Waals surface area contributed by atoms with Gasteiger partial charge in [0, 0.05) is 18.9 Å². The molecule has 0 saturated carbocycles. The number of amides is 3. The van der Waals surface area contributed by atoms with Crippen LogP contribution in [0.1, 0.15) is 54.7 Å². The molecule has 3 aliphatic rings. The van der Waals surface area contributed by atoms with Gasteiger partial charge < -0.3 is 30.1 Å². The van der Waals surface area contributed by atoms with Gasteiger partial charge in [0.25, 0.3) is 0 Å². The van der Waals surface area contributed by atoms with E-state index in [2.05, 4.69) is 22.8 Å². The molecule has 1 fully saturated rings. The summed E-state index contributed by atoms with van der Waals surface area (Å²) in [5.41, 5.74) is 5.41. The average Bonchev–Trinajstić information content (AvgIpc) is 3.72. The van der Waals surface area contributed by atoms with Crippen LogP contribution in [-0.4, -0.2) is 78.4 Å². The van der Waals surface area contributed by atoms with Gasteiger partial charge in [0.15, 0.2) is 0 Å². The molecule has 0 aromatic heterocycles. The Morgan fingerprint density at radius 3 is 2.31 bits per heavy atom. The van der Waals surface area contributed by atoms with Crippen LogP contribution >= 0.6 is 0 Å². The van der Waals surface area contributed by atoms with Crippen molar-refractivity contribution in [3.63, 3.8) is 0 Å². The smallest absolute Gasteiger partial charge is 0.407 e. The van der Waals surface area contributed by atoms with E-state index < -0.39 is 30.1 Å². The number of carbonyl (C=O) groups excluding carboxylic acids is 4. The van der Waals surface area contributed by atoms with Crippen LogP contribution in [0.4, 0.5) is 4.79 Å². The van der Waals surface area contributed by atoms with Gasteiger partial charge in [-0.25, -0.2) is 9.59 Å². The molecular formula is C39H43N3O7. The van der Waals surface area contributed by atoms with Crippen molar-refractivity contribution >= 4 is 23.9 Å². The van der Waals surface area contributed by atoms with E-state index in [0.717, 1.165) is 34.2 Å². The van der Waals surface area contributed by atoms with Crippen molar-refractivity contribution < 1.29 is 33.8 Å². The first-order valence-corrected chi connectivity index (χ1v) is 17.1. The minimum Gasteiger partial charge on any atom is -0.462 e. The van der Waals surface area contributed by atoms with Crippen LogP contribution in [0.3, 0.4) is 0 Å². The number of benzene rings is 3. The summed E-state index contributed by atoms with van der Waals surface area (Å²) in [5.74, 6) is -1.81. The van der Waals surface area contributed by atoms with E-state index in [9.17, 15) is 24.3 Å². The third-order valence-electron chi connectivity index (χ3n) is 9.65. The van der Waals surface area contributed by atoms with Crippen LogP contribution in [0, 0.1) is 5.92 Å². The molecule has 3 N–H and O–H groups in total. The topological polar surface area (TPSA) is 134 Å². The number of carbonyl (C=O) groups is 4. The number of cyclic esters (lactones) is 1. The Kier molecular flexibility index (Phi) is 11.0. The third kappa shape index (κ3) is 8.20. The summed E-state index contributed by atoms with van der Waals surface area (Å²) >= 11 is 0. The van der Waals surface area contributed by atoms with E-state index in [1.54, 1.807) is 17.1 Å². The van der Waals surface area contributed by atoms with E-state index in [-0.39, 0.29) is 62.9 Å². The highest BCUT2D eigenvalue weighted by Gasteiger charge is 2.36. The van der Waals surface area contributed by atoms with E-state index >= 15 is 0 Å². The molecule has 2 aliphatic heterocycles. The number of hydrogen-bond acceptors (Lipinski definition) is 7. The minimum atomic E-state index is -0.984. The molecule has 0 unspecified atom stereocenters. The number of alkyl carbamates (subject to hydrolysis) is 1. The highest BCUT2D eigenvalue weighted by Crippen LogP contribution is 2.44. The zero-order chi connectivity index (χ0) is 34.2. The third-order valence-corrected chi connectivity index (χ3v) is 9.65. The average molecular weight is 666 g/mol. The standard InChI is InChI=1S/C39H43N3O7/c43-23-28(21-26-11-2-1-3-12-26)40-36(44)22-27-13-4-9-19-35(38(46)48-24-29-14-10-20-42(29)37(27)45)41-39(47)49-25-34-32-17-7-5-15-30(32)31-16-6-8-18-33(31)34/h1-9,11-12,15-18,27-29,34-35,43H,10,13-14,19-25H2,(H,40,44)(H,41,47)/b9-4+/t27-,28-,29-,35-/m0/s1. The van der Waals surface area contributed by atoms with Gasteiger partial charge in [0.05, 0.1) is 24.6 Å². The first-order chi connectivity index (χ1) is 23.9. The molecular weight excluding hydrogens is 622 g/mol. The van der Waals surface area contributed by atoms with Gasteiger partial charge >= 0.3 is 12.1 Å². The second kappa shape index (κ2) is 16.0. The van der Waals surface area contributed by atoms with Crippen LogP contribution in [0.25, 0.3) is 11.1 Å². The second-order valence-electron chi connectivity index (χ2n) is 13.0. The molecule has 10 nitrogen and oxygen atoms in total. The summed E-state index contributed by atoms with van der Waals surface area (Å²) in [6.45, 7) is 0.400. The quantitative estimate of drug-likeness (QED) is 0.226. The maximum absolute atomic E-state index is 13.7. The highest BCUT2D eigenvalue weighted by molar-refractivity contribution is 5.87. The summed E-state index contributed by atoms with van der Waals surface area (Å²) in [7, 11) is 0. The predicted molar refractivity (Wildman–Crippen MR) is 183 cm³/mol. The first-order valence-electron chi connectivity index (χ1n) is 17.1. The predicted octanol–water partition coefficient (Wildman–Crippen LogP) is 4.50. The summed E-state index contributed by atoms with van der Waals surface area (Å²) in [5, 5.41) is 15.5. The molecule has 4 atom stereocenters. The van der Waals surface area contributed by atoms with Crippen molar-refractivity contribution in [1.29, 1.82) is 0 Å². The van der Waals surface area contributed by atoms with Crippen molar-refractivity contribution in [2.24, 2.45) is 5.92 Å². The van der Waals surface area contributed by atoms with E-state index in [0.29, 0.717) is 19.4 Å². The van der Waals surface area contributed by atoms with Crippen LogP contribution in [0.15, 0.2) is 91.0 Å². The summed E-state index contributed by atoms with van der Waals surface area (Å²) in [6, 6.07) is 24.0. The molecule has 0 spiro atoms. The fourth-order valence-corrected chi connectivity index (χ4v) is 7.14. The van der Waals surface area contributed by atoms with Crippen molar-refractivity contribution in [2.45, 2.75) is 62.6 Å². The fourth-order valence-electron chi connectivity index (χ4n) is 7.14. The van der Waals surface area contributed by atoms with Gasteiger partial charge in [0.2, 0.25) is 11.8 Å². The monoisotopic (exact) mass is 665 g/mol. The van der Waals surface area contributed by atoms with E-state index in [1.807, 2.05) is 66.7 Å². The van der Waals surface area contributed by atoms with Crippen molar-refractivity contribution in [3.05, 3.63) is 108 Å². The molecule has 0 radical (unpaired) electrons. The summed E-state index contributed by atoms with van der Waals surface area (Å²) < 4.78 is 11.3. The van der Waals surface area contributed by atoms with Crippen molar-refractivity contribution in [1.82, 2.24) is 15.5 Å². The molecule has 6 rings (SSSR count). The van der Waals surface area contributed by atoms with Crippen molar-refractivity contribution in [3.8, 4) is 11.1 Å². The number of aliphatic hydroxyl groups is 1. The second-order valence-corrected chi connectivity index (χ2v) is 13.0. The number of fused-ring (bicyclic) bond motifs is 4. The Labute approximate surface area is 286 Å². The van der Waals surface area contributed by atoms with E-state index in [1.165, 1.54) is 0 Å². The molecule has 1 saturated heterocycles. The number of aliphatic hydroxyl groups excluding tert-OH is 1. The van der Waals surface area contributed by atoms with E-state index in [4.69, 9.17) is 9.47 Å². The largest absolute Gasteiger partial charge is 0.462 e. The van der Waals surface area contributed by atoms with Gasteiger partial charge in [-0.15, -0.1) is 0 Å². The maximum Gasteiger partial charge on any atom is 0.407 e. The number of hydrogen-bond donors (Lipinski definition) is 3. The summed E-state index contributed by atoms with van der Waals surface area (Å²) in [4.78, 5) is 54.8. The lowest BCUT2D eigenvalue weighted by Gasteiger charge is -2.29. The Morgan fingerprint density at radius 2 is 1.59 bits per heavy atom. The van der Waals surface area contributed by atoms with Crippen molar-refractivity contribution in [2.75, 3.05) is 26.4 Å². The zero-order valence-electron chi connectivity index (χ0n) is 27.5. The Hall–Kier alpha value is -4.96. The number of rotatable bonds is 9. The molecule has 256 valence electrons. The van der Waals surface area contributed by atoms with Gasteiger partial charge in [-0.2, -0.15) is 0 Å². The van der Waals surface area contributed by atoms with Gasteiger partial charge in [0.1, 0.15) is 19.3 Å². The van der Waals surface area contributed by atoms with Crippen LogP contribution in [-0.2, 0) is 30.3 Å². The van der Waals surface area contributed by atoms with Gasteiger partial charge in [-0.05, 0) is 59.9 Å².